The molecule has 0 spiro atoms. The van der Waals surface area contributed by atoms with Crippen molar-refractivity contribution in [2.45, 2.75) is 116 Å². The van der Waals surface area contributed by atoms with Crippen LogP contribution in [0.5, 0.6) is 0 Å². The van der Waals surface area contributed by atoms with E-state index >= 15 is 0 Å². The highest BCUT2D eigenvalue weighted by Gasteiger charge is 2.51. The second kappa shape index (κ2) is 14.4. The standard InChI is InChI=1S/C40H56N4O4Si/c1-39(2,3)47-38(46)43-25-20-30(21-26-43)22-29-44-35-19-13-18-34(35)36(41-44)37(45)42-27-23-31(24-28-42)48-49(40(4,5)6,32-14-9-7-10-15-32)33-16-11-8-12-17-33/h7-12,14-17,30-31H,13,18-29H2,1-6H3. The number of piperidine rings is 2. The highest BCUT2D eigenvalue weighted by atomic mass is 28.4. The number of aryl methyl sites for hydroxylation is 1. The normalized spacial score (nSPS) is 18.1. The summed E-state index contributed by atoms with van der Waals surface area (Å²) in [6.45, 7) is 16.3. The third-order valence-corrected chi connectivity index (χ3v) is 15.8. The van der Waals surface area contributed by atoms with Gasteiger partial charge in [-0.25, -0.2) is 4.79 Å². The van der Waals surface area contributed by atoms with Crippen LogP contribution in [0.2, 0.25) is 5.04 Å². The summed E-state index contributed by atoms with van der Waals surface area (Å²) in [5.41, 5.74) is 2.60. The Balaban J connectivity index is 1.09. The molecule has 0 unspecified atom stereocenters. The minimum absolute atomic E-state index is 0.0754. The average Bonchev–Trinajstić information content (AvgIpc) is 3.70. The smallest absolute Gasteiger partial charge is 0.410 e. The van der Waals surface area contributed by atoms with Crippen molar-refractivity contribution < 1.29 is 18.8 Å². The molecule has 0 bridgehead atoms. The summed E-state index contributed by atoms with van der Waals surface area (Å²) in [5, 5.41) is 7.49. The Labute approximate surface area is 294 Å². The number of benzene rings is 2. The van der Waals surface area contributed by atoms with Gasteiger partial charge in [-0.3, -0.25) is 9.48 Å². The SMILES string of the molecule is CC(C)(C)OC(=O)N1CCC(CCn2nc(C(=O)N3CCC(O[Si](c4ccccc4)(c4ccccc4)C(C)(C)C)CC3)c3c2CCC3)CC1. The molecule has 3 aliphatic rings. The Hall–Kier alpha value is -3.43. The predicted molar refractivity (Wildman–Crippen MR) is 197 cm³/mol. The minimum Gasteiger partial charge on any atom is -0.444 e. The van der Waals surface area contributed by atoms with Gasteiger partial charge in [0.25, 0.3) is 14.2 Å². The Morgan fingerprint density at radius 2 is 1.37 bits per heavy atom. The van der Waals surface area contributed by atoms with Crippen molar-refractivity contribution >= 4 is 30.7 Å². The number of ether oxygens (including phenoxy) is 1. The van der Waals surface area contributed by atoms with E-state index in [0.717, 1.165) is 76.6 Å². The topological polar surface area (TPSA) is 76.9 Å². The van der Waals surface area contributed by atoms with Crippen LogP contribution in [-0.4, -0.2) is 77.8 Å². The molecule has 0 N–H and O–H groups in total. The van der Waals surface area contributed by atoms with Crippen molar-refractivity contribution in [1.82, 2.24) is 19.6 Å². The predicted octanol–water partition coefficient (Wildman–Crippen LogP) is 6.59. The molecule has 1 aliphatic carbocycles. The third kappa shape index (κ3) is 7.68. The van der Waals surface area contributed by atoms with E-state index in [2.05, 4.69) is 86.1 Å². The minimum atomic E-state index is -2.65. The number of rotatable bonds is 8. The zero-order valence-corrected chi connectivity index (χ0v) is 31.5. The van der Waals surface area contributed by atoms with E-state index in [1.807, 2.05) is 30.6 Å². The molecule has 2 aromatic carbocycles. The highest BCUT2D eigenvalue weighted by Crippen LogP contribution is 2.39. The summed E-state index contributed by atoms with van der Waals surface area (Å²) in [4.78, 5) is 30.4. The molecular weight excluding hydrogens is 629 g/mol. The molecule has 2 fully saturated rings. The maximum Gasteiger partial charge on any atom is 0.410 e. The lowest BCUT2D eigenvalue weighted by Gasteiger charge is -2.46. The number of hydrogen-bond acceptors (Lipinski definition) is 5. The maximum atomic E-state index is 14.0. The van der Waals surface area contributed by atoms with E-state index in [4.69, 9.17) is 14.3 Å². The number of fused-ring (bicyclic) bond motifs is 1. The lowest BCUT2D eigenvalue weighted by atomic mass is 9.94. The number of likely N-dealkylation sites (tertiary alicyclic amines) is 2. The maximum absolute atomic E-state index is 14.0. The van der Waals surface area contributed by atoms with E-state index < -0.39 is 13.9 Å². The Bertz CT molecular complexity index is 1540. The zero-order valence-electron chi connectivity index (χ0n) is 30.5. The fourth-order valence-corrected chi connectivity index (χ4v) is 12.9. The fourth-order valence-electron chi connectivity index (χ4n) is 8.17. The lowest BCUT2D eigenvalue weighted by molar-refractivity contribution is 0.0179. The first-order chi connectivity index (χ1) is 23.4. The molecule has 3 heterocycles. The van der Waals surface area contributed by atoms with Crippen LogP contribution in [0.15, 0.2) is 60.7 Å². The molecule has 49 heavy (non-hydrogen) atoms. The monoisotopic (exact) mass is 684 g/mol. The molecule has 0 saturated carbocycles. The van der Waals surface area contributed by atoms with Crippen molar-refractivity contribution in [2.75, 3.05) is 26.2 Å². The van der Waals surface area contributed by atoms with Crippen molar-refractivity contribution in [1.29, 1.82) is 0 Å². The summed E-state index contributed by atoms with van der Waals surface area (Å²) < 4.78 is 15.1. The Morgan fingerprint density at radius 3 is 1.92 bits per heavy atom. The number of carbonyl (C=O) groups excluding carboxylic acids is 2. The number of nitrogens with zero attached hydrogens (tertiary/aromatic N) is 4. The van der Waals surface area contributed by atoms with E-state index in [-0.39, 0.29) is 23.1 Å². The summed E-state index contributed by atoms with van der Waals surface area (Å²) in [7, 11) is -2.65. The van der Waals surface area contributed by atoms with Crippen LogP contribution < -0.4 is 10.4 Å². The summed E-state index contributed by atoms with van der Waals surface area (Å²) in [6.07, 6.45) is 7.46. The van der Waals surface area contributed by atoms with Gasteiger partial charge in [0.05, 0.1) is 0 Å². The van der Waals surface area contributed by atoms with Gasteiger partial charge >= 0.3 is 6.09 Å². The van der Waals surface area contributed by atoms with Crippen molar-refractivity contribution in [3.05, 3.63) is 77.6 Å². The molecule has 0 atom stereocenters. The number of carbonyl (C=O) groups is 2. The van der Waals surface area contributed by atoms with Crippen molar-refractivity contribution in [2.24, 2.45) is 5.92 Å². The third-order valence-electron chi connectivity index (χ3n) is 10.7. The molecule has 2 amide bonds. The van der Waals surface area contributed by atoms with Gasteiger partial charge in [-0.15, -0.1) is 0 Å². The van der Waals surface area contributed by atoms with Gasteiger partial charge in [-0.1, -0.05) is 81.4 Å². The summed E-state index contributed by atoms with van der Waals surface area (Å²) in [5.74, 6) is 0.611. The van der Waals surface area contributed by atoms with E-state index in [1.54, 1.807) is 0 Å². The van der Waals surface area contributed by atoms with Crippen LogP contribution in [-0.2, 0) is 28.5 Å². The van der Waals surface area contributed by atoms with Gasteiger partial charge in [0.15, 0.2) is 5.69 Å². The molecule has 6 rings (SSSR count). The molecule has 8 nitrogen and oxygen atoms in total. The quantitative estimate of drug-likeness (QED) is 0.251. The van der Waals surface area contributed by atoms with Crippen LogP contribution in [0, 0.1) is 5.92 Å². The van der Waals surface area contributed by atoms with Crippen molar-refractivity contribution in [3.63, 3.8) is 0 Å². The highest BCUT2D eigenvalue weighted by molar-refractivity contribution is 6.99. The Morgan fingerprint density at radius 1 is 0.796 bits per heavy atom. The second-order valence-corrected chi connectivity index (χ2v) is 20.6. The average molecular weight is 685 g/mol. The zero-order chi connectivity index (χ0) is 34.8. The molecular formula is C40H56N4O4Si. The van der Waals surface area contributed by atoms with Crippen LogP contribution >= 0.6 is 0 Å². The van der Waals surface area contributed by atoms with Gasteiger partial charge < -0.3 is 19.0 Å². The van der Waals surface area contributed by atoms with Gasteiger partial charge in [-0.2, -0.15) is 5.10 Å². The first-order valence-corrected chi connectivity index (χ1v) is 20.4. The van der Waals surface area contributed by atoms with Gasteiger partial charge in [0.2, 0.25) is 0 Å². The number of amides is 2. The van der Waals surface area contributed by atoms with E-state index in [1.165, 1.54) is 16.1 Å². The van der Waals surface area contributed by atoms with Gasteiger partial charge in [0.1, 0.15) is 5.60 Å². The van der Waals surface area contributed by atoms with Crippen LogP contribution in [0.3, 0.4) is 0 Å². The number of aromatic nitrogens is 2. The first-order valence-electron chi connectivity index (χ1n) is 18.5. The molecule has 2 saturated heterocycles. The molecule has 2 aliphatic heterocycles. The van der Waals surface area contributed by atoms with Gasteiger partial charge in [0, 0.05) is 50.1 Å². The summed E-state index contributed by atoms with van der Waals surface area (Å²) in [6, 6.07) is 21.6. The van der Waals surface area contributed by atoms with E-state index in [0.29, 0.717) is 24.7 Å². The molecule has 3 aromatic rings. The first kappa shape index (κ1) is 35.4. The number of hydrogen-bond donors (Lipinski definition) is 0. The lowest BCUT2D eigenvalue weighted by Crippen LogP contribution is -2.68. The molecule has 9 heteroatoms. The van der Waals surface area contributed by atoms with Crippen LogP contribution in [0.4, 0.5) is 4.79 Å². The largest absolute Gasteiger partial charge is 0.444 e. The summed E-state index contributed by atoms with van der Waals surface area (Å²) >= 11 is 0. The molecule has 0 radical (unpaired) electrons. The van der Waals surface area contributed by atoms with Crippen LogP contribution in [0.1, 0.15) is 102 Å². The van der Waals surface area contributed by atoms with Gasteiger partial charge in [-0.05, 0) is 93.5 Å². The second-order valence-electron chi connectivity index (χ2n) is 16.3. The van der Waals surface area contributed by atoms with Crippen molar-refractivity contribution in [3.8, 4) is 0 Å². The Kier molecular flexibility index (Phi) is 10.4. The van der Waals surface area contributed by atoms with Crippen LogP contribution in [0.25, 0.3) is 0 Å². The fraction of sp³-hybridized carbons (Fsp3) is 0.575. The molecule has 264 valence electrons. The molecule has 1 aromatic heterocycles. The van der Waals surface area contributed by atoms with E-state index in [9.17, 15) is 9.59 Å².